The number of amides is 1. The highest BCUT2D eigenvalue weighted by molar-refractivity contribution is 7.89. The van der Waals surface area contributed by atoms with Crippen molar-refractivity contribution < 1.29 is 22.8 Å². The molecule has 10 heteroatoms. The van der Waals surface area contributed by atoms with Gasteiger partial charge in [-0.25, -0.2) is 8.42 Å². The zero-order valence-corrected chi connectivity index (χ0v) is 15.3. The normalized spacial score (nSPS) is 21.0. The molecule has 1 fully saturated rings. The fraction of sp³-hybridized carbons (Fsp3) is 0.438. The van der Waals surface area contributed by atoms with Gasteiger partial charge in [-0.05, 0) is 24.3 Å². The van der Waals surface area contributed by atoms with Gasteiger partial charge in [-0.15, -0.1) is 0 Å². The minimum atomic E-state index is -3.81. The molecule has 0 saturated carbocycles. The van der Waals surface area contributed by atoms with Crippen molar-refractivity contribution >= 4 is 15.9 Å². The number of hydrogen-bond donors (Lipinski definition) is 2. The first kappa shape index (κ1) is 18.5. The Balaban J connectivity index is 1.81. The molecule has 140 valence electrons. The van der Waals surface area contributed by atoms with E-state index in [1.807, 2.05) is 6.92 Å². The quantitative estimate of drug-likeness (QED) is 0.763. The maximum absolute atomic E-state index is 12.8. The number of aryl methyl sites for hydroxylation is 1. The van der Waals surface area contributed by atoms with Gasteiger partial charge in [0.2, 0.25) is 10.0 Å². The van der Waals surface area contributed by atoms with E-state index in [4.69, 9.17) is 4.52 Å². The second kappa shape index (κ2) is 6.78. The van der Waals surface area contributed by atoms with Crippen LogP contribution in [0.5, 0.6) is 0 Å². The molecule has 0 radical (unpaired) electrons. The topological polar surface area (TPSA) is 126 Å². The predicted molar refractivity (Wildman–Crippen MR) is 90.8 cm³/mol. The van der Waals surface area contributed by atoms with Crippen molar-refractivity contribution in [3.63, 3.8) is 0 Å². The number of carbonyl (C=O) groups excluding carboxylic acids is 1. The summed E-state index contributed by atoms with van der Waals surface area (Å²) in [7, 11) is -2.31. The highest BCUT2D eigenvalue weighted by Gasteiger charge is 2.46. The van der Waals surface area contributed by atoms with Crippen molar-refractivity contribution in [3.8, 4) is 0 Å². The van der Waals surface area contributed by atoms with Crippen molar-refractivity contribution in [1.82, 2.24) is 19.8 Å². The Hall–Kier alpha value is -2.30. The Labute approximate surface area is 151 Å². The van der Waals surface area contributed by atoms with Crippen LogP contribution in [0.3, 0.4) is 0 Å². The van der Waals surface area contributed by atoms with Crippen LogP contribution in [0.4, 0.5) is 0 Å². The number of rotatable bonds is 5. The molecule has 2 aromatic rings. The molecule has 2 N–H and O–H groups in total. The van der Waals surface area contributed by atoms with Crippen molar-refractivity contribution in [2.24, 2.45) is 0 Å². The van der Waals surface area contributed by atoms with Gasteiger partial charge in [0, 0.05) is 32.0 Å². The molecule has 1 aromatic heterocycles. The number of carbonyl (C=O) groups is 1. The van der Waals surface area contributed by atoms with Gasteiger partial charge in [-0.2, -0.15) is 9.29 Å². The number of aliphatic hydroxyl groups is 1. The Morgan fingerprint density at radius 3 is 2.65 bits per heavy atom. The summed E-state index contributed by atoms with van der Waals surface area (Å²) in [4.78, 5) is 15.7. The molecule has 2 heterocycles. The van der Waals surface area contributed by atoms with Gasteiger partial charge in [0.15, 0.2) is 11.4 Å². The van der Waals surface area contributed by atoms with Crippen LogP contribution in [0.2, 0.25) is 0 Å². The maximum atomic E-state index is 12.8. The molecule has 3 rings (SSSR count). The van der Waals surface area contributed by atoms with Gasteiger partial charge < -0.3 is 14.9 Å². The average Bonchev–Trinajstić information content (AvgIpc) is 3.29. The fourth-order valence-electron chi connectivity index (χ4n) is 2.80. The highest BCUT2D eigenvalue weighted by atomic mass is 32.2. The Kier molecular flexibility index (Phi) is 4.82. The molecule has 1 aliphatic heterocycles. The minimum Gasteiger partial charge on any atom is -0.379 e. The molecule has 1 aromatic carbocycles. The average molecular weight is 380 g/mol. The predicted octanol–water partition coefficient (Wildman–Crippen LogP) is 0.274. The number of nitrogens with one attached hydrogen (secondary N) is 1. The first-order chi connectivity index (χ1) is 12.3. The first-order valence-electron chi connectivity index (χ1n) is 8.18. The Morgan fingerprint density at radius 2 is 2.08 bits per heavy atom. The third-order valence-corrected chi connectivity index (χ3v) is 6.24. The van der Waals surface area contributed by atoms with E-state index in [9.17, 15) is 18.3 Å². The van der Waals surface area contributed by atoms with E-state index in [2.05, 4.69) is 15.5 Å². The lowest BCUT2D eigenvalue weighted by Crippen LogP contribution is -2.34. The molecule has 0 spiro atoms. The molecule has 1 aliphatic rings. The van der Waals surface area contributed by atoms with Gasteiger partial charge in [-0.1, -0.05) is 12.1 Å². The summed E-state index contributed by atoms with van der Waals surface area (Å²) in [5.74, 6) is 0.189. The Bertz CT molecular complexity index is 909. The van der Waals surface area contributed by atoms with E-state index < -0.39 is 15.6 Å². The number of nitrogens with zero attached hydrogens (tertiary/aromatic N) is 3. The van der Waals surface area contributed by atoms with Crippen LogP contribution in [-0.4, -0.2) is 54.0 Å². The first-order valence-corrected chi connectivity index (χ1v) is 9.62. The lowest BCUT2D eigenvalue weighted by atomic mass is 10.0. The summed E-state index contributed by atoms with van der Waals surface area (Å²) in [6.45, 7) is 1.81. The minimum absolute atomic E-state index is 0.0296. The second-order valence-corrected chi connectivity index (χ2v) is 8.03. The van der Waals surface area contributed by atoms with E-state index in [1.54, 1.807) is 0 Å². The standard InChI is InChI=1S/C16H20N4O5S/c1-3-13-18-15(25-19-13)16(22)8-9-20(10-16)26(23,24)12-6-4-11(5-7-12)14(21)17-2/h4-7,22H,3,8-10H2,1-2H3,(H,17,21)/t16-/m1/s1. The van der Waals surface area contributed by atoms with Crippen LogP contribution < -0.4 is 5.32 Å². The van der Waals surface area contributed by atoms with Crippen LogP contribution >= 0.6 is 0 Å². The van der Waals surface area contributed by atoms with Crippen molar-refractivity contribution in [3.05, 3.63) is 41.5 Å². The van der Waals surface area contributed by atoms with E-state index in [0.717, 1.165) is 0 Å². The lowest BCUT2D eigenvalue weighted by molar-refractivity contribution is 0.0194. The van der Waals surface area contributed by atoms with Crippen LogP contribution in [0, 0.1) is 0 Å². The molecule has 1 amide bonds. The third kappa shape index (κ3) is 3.22. The van der Waals surface area contributed by atoms with Gasteiger partial charge in [0.1, 0.15) is 0 Å². The smallest absolute Gasteiger partial charge is 0.260 e. The molecule has 26 heavy (non-hydrogen) atoms. The van der Waals surface area contributed by atoms with Gasteiger partial charge in [0.05, 0.1) is 11.4 Å². The highest BCUT2D eigenvalue weighted by Crippen LogP contribution is 2.34. The number of β-amino-alcohol motifs (C(OH)–C–C–N with tert-alkyl or cyclic N) is 1. The number of aromatic nitrogens is 2. The molecular weight excluding hydrogens is 360 g/mol. The van der Waals surface area contributed by atoms with E-state index in [1.165, 1.54) is 35.6 Å². The summed E-state index contributed by atoms with van der Waals surface area (Å²) in [6, 6.07) is 5.64. The van der Waals surface area contributed by atoms with Crippen LogP contribution in [0.15, 0.2) is 33.7 Å². The van der Waals surface area contributed by atoms with Crippen molar-refractivity contribution in [2.45, 2.75) is 30.3 Å². The molecule has 0 bridgehead atoms. The largest absolute Gasteiger partial charge is 0.379 e. The van der Waals surface area contributed by atoms with Gasteiger partial charge in [-0.3, -0.25) is 4.79 Å². The summed E-state index contributed by atoms with van der Waals surface area (Å²) < 4.78 is 31.9. The molecular formula is C16H20N4O5S. The zero-order chi connectivity index (χ0) is 18.9. The van der Waals surface area contributed by atoms with Crippen LogP contribution in [-0.2, 0) is 22.0 Å². The van der Waals surface area contributed by atoms with Crippen LogP contribution in [0.25, 0.3) is 0 Å². The van der Waals surface area contributed by atoms with Crippen molar-refractivity contribution in [1.29, 1.82) is 0 Å². The summed E-state index contributed by atoms with van der Waals surface area (Å²) in [5, 5.41) is 17.0. The van der Waals surface area contributed by atoms with Gasteiger partial charge >= 0.3 is 0 Å². The summed E-state index contributed by atoms with van der Waals surface area (Å²) >= 11 is 0. The van der Waals surface area contributed by atoms with E-state index >= 15 is 0 Å². The summed E-state index contributed by atoms with van der Waals surface area (Å²) in [5.41, 5.74) is -1.14. The lowest BCUT2D eigenvalue weighted by Gasteiger charge is -2.19. The van der Waals surface area contributed by atoms with Crippen molar-refractivity contribution in [2.75, 3.05) is 20.1 Å². The molecule has 1 saturated heterocycles. The monoisotopic (exact) mass is 380 g/mol. The molecule has 9 nitrogen and oxygen atoms in total. The molecule has 0 aliphatic carbocycles. The summed E-state index contributed by atoms with van der Waals surface area (Å²) in [6.07, 6.45) is 0.715. The molecule has 0 unspecified atom stereocenters. The third-order valence-electron chi connectivity index (χ3n) is 4.38. The maximum Gasteiger partial charge on any atom is 0.260 e. The van der Waals surface area contributed by atoms with Gasteiger partial charge in [0.25, 0.3) is 11.8 Å². The zero-order valence-electron chi connectivity index (χ0n) is 14.5. The Morgan fingerprint density at radius 1 is 1.38 bits per heavy atom. The van der Waals surface area contributed by atoms with Crippen LogP contribution in [0.1, 0.15) is 35.4 Å². The molecule has 1 atom stereocenters. The number of hydrogen-bond acceptors (Lipinski definition) is 7. The fourth-order valence-corrected chi connectivity index (χ4v) is 4.29. The number of sulfonamides is 1. The number of benzene rings is 1. The SMILES string of the molecule is CCc1noc([C@@]2(O)CCN(S(=O)(=O)c3ccc(C(=O)NC)cc3)C2)n1. The second-order valence-electron chi connectivity index (χ2n) is 6.09. The van der Waals surface area contributed by atoms with E-state index in [0.29, 0.717) is 17.8 Å². The van der Waals surface area contributed by atoms with E-state index in [-0.39, 0.29) is 36.2 Å².